The minimum Gasteiger partial charge on any atom is -0.484 e. The SMILES string of the molecule is CC/C(C)=C(/N=C(C)OC)C(C)(CS(C)(=O)=O)NC(=O)c1cc(OCC(F)(F)F)c(Br)cn1. The van der Waals surface area contributed by atoms with Crippen molar-refractivity contribution in [2.45, 2.75) is 45.8 Å². The molecule has 1 aromatic rings. The van der Waals surface area contributed by atoms with Crippen LogP contribution in [0.1, 0.15) is 44.6 Å². The normalized spacial score (nSPS) is 15.4. The zero-order valence-corrected chi connectivity index (χ0v) is 21.5. The summed E-state index contributed by atoms with van der Waals surface area (Å²) in [5, 5.41) is 2.64. The van der Waals surface area contributed by atoms with Gasteiger partial charge in [-0.3, -0.25) is 4.79 Å². The number of ether oxygens (including phenoxy) is 2. The van der Waals surface area contributed by atoms with Crippen molar-refractivity contribution in [2.75, 3.05) is 25.7 Å². The molecule has 1 amide bonds. The first-order chi connectivity index (χ1) is 15.0. The summed E-state index contributed by atoms with van der Waals surface area (Å²) >= 11 is 3.03. The third-order valence-corrected chi connectivity index (χ3v) is 6.10. The number of aromatic nitrogens is 1. The van der Waals surface area contributed by atoms with Gasteiger partial charge in [0.2, 0.25) is 0 Å². The van der Waals surface area contributed by atoms with E-state index >= 15 is 0 Å². The molecule has 33 heavy (non-hydrogen) atoms. The number of alkyl halides is 3. The highest BCUT2D eigenvalue weighted by Gasteiger charge is 2.37. The topological polar surface area (TPSA) is 107 Å². The van der Waals surface area contributed by atoms with E-state index in [1.807, 2.05) is 6.92 Å². The number of rotatable bonds is 9. The number of nitrogens with zero attached hydrogens (tertiary/aromatic N) is 2. The Morgan fingerprint density at radius 2 is 1.91 bits per heavy atom. The Bertz CT molecular complexity index is 1040. The van der Waals surface area contributed by atoms with Gasteiger partial charge in [-0.1, -0.05) is 6.92 Å². The van der Waals surface area contributed by atoms with Crippen LogP contribution in [0.25, 0.3) is 0 Å². The van der Waals surface area contributed by atoms with E-state index in [9.17, 15) is 26.4 Å². The molecule has 1 rings (SSSR count). The monoisotopic (exact) mass is 557 g/mol. The first kappa shape index (κ1) is 28.9. The molecular formula is C20H27BrF3N3O5S. The molecule has 186 valence electrons. The average Bonchev–Trinajstić information content (AvgIpc) is 2.68. The van der Waals surface area contributed by atoms with E-state index in [0.29, 0.717) is 12.0 Å². The lowest BCUT2D eigenvalue weighted by Crippen LogP contribution is -2.52. The van der Waals surface area contributed by atoms with Gasteiger partial charge in [0.25, 0.3) is 5.91 Å². The van der Waals surface area contributed by atoms with Gasteiger partial charge in [0.05, 0.1) is 28.6 Å². The summed E-state index contributed by atoms with van der Waals surface area (Å²) in [4.78, 5) is 21.3. The number of hydrogen-bond acceptors (Lipinski definition) is 7. The number of methoxy groups -OCH3 is 1. The maximum atomic E-state index is 13.0. The molecular weight excluding hydrogens is 531 g/mol. The Morgan fingerprint density at radius 1 is 1.30 bits per heavy atom. The summed E-state index contributed by atoms with van der Waals surface area (Å²) in [6.45, 7) is 5.10. The van der Waals surface area contributed by atoms with Crippen LogP contribution in [0.5, 0.6) is 5.75 Å². The van der Waals surface area contributed by atoms with Crippen molar-refractivity contribution in [1.29, 1.82) is 0 Å². The highest BCUT2D eigenvalue weighted by Crippen LogP contribution is 2.29. The molecule has 0 aliphatic carbocycles. The minimum atomic E-state index is -4.58. The molecule has 0 aliphatic rings. The van der Waals surface area contributed by atoms with E-state index in [-0.39, 0.29) is 27.5 Å². The maximum Gasteiger partial charge on any atom is 0.422 e. The molecule has 1 unspecified atom stereocenters. The Labute approximate surface area is 199 Å². The minimum absolute atomic E-state index is 0.116. The van der Waals surface area contributed by atoms with Gasteiger partial charge in [-0.25, -0.2) is 18.4 Å². The molecule has 1 aromatic heterocycles. The molecule has 0 spiro atoms. The number of carbonyl (C=O) groups excluding carboxylic acids is 1. The Hall–Kier alpha value is -2.15. The number of halogens is 4. The molecule has 0 bridgehead atoms. The first-order valence-corrected chi connectivity index (χ1v) is 12.5. The van der Waals surface area contributed by atoms with Crippen LogP contribution in [0.2, 0.25) is 0 Å². The fourth-order valence-electron chi connectivity index (χ4n) is 2.88. The first-order valence-electron chi connectivity index (χ1n) is 9.66. The van der Waals surface area contributed by atoms with E-state index in [2.05, 4.69) is 31.2 Å². The molecule has 1 N–H and O–H groups in total. The molecule has 1 heterocycles. The van der Waals surface area contributed by atoms with Crippen LogP contribution < -0.4 is 10.1 Å². The van der Waals surface area contributed by atoms with Crippen molar-refractivity contribution in [2.24, 2.45) is 4.99 Å². The molecule has 0 aliphatic heterocycles. The van der Waals surface area contributed by atoms with Crippen molar-refractivity contribution in [3.8, 4) is 5.75 Å². The van der Waals surface area contributed by atoms with Gasteiger partial charge in [-0.05, 0) is 41.8 Å². The molecule has 8 nitrogen and oxygen atoms in total. The second-order valence-electron chi connectivity index (χ2n) is 7.58. The largest absolute Gasteiger partial charge is 0.484 e. The highest BCUT2D eigenvalue weighted by molar-refractivity contribution is 9.10. The van der Waals surface area contributed by atoms with E-state index in [1.54, 1.807) is 13.8 Å². The summed E-state index contributed by atoms with van der Waals surface area (Å²) in [6, 6.07) is 1.03. The molecule has 13 heteroatoms. The van der Waals surface area contributed by atoms with Gasteiger partial charge in [0.1, 0.15) is 21.3 Å². The lowest BCUT2D eigenvalue weighted by molar-refractivity contribution is -0.153. The third kappa shape index (κ3) is 9.32. The Morgan fingerprint density at radius 3 is 2.39 bits per heavy atom. The zero-order valence-electron chi connectivity index (χ0n) is 19.1. The van der Waals surface area contributed by atoms with Crippen LogP contribution >= 0.6 is 15.9 Å². The van der Waals surface area contributed by atoms with Crippen LogP contribution in [0.15, 0.2) is 33.0 Å². The number of nitrogens with one attached hydrogen (secondary N) is 1. The lowest BCUT2D eigenvalue weighted by atomic mass is 9.94. The molecule has 1 atom stereocenters. The van der Waals surface area contributed by atoms with E-state index < -0.39 is 39.8 Å². The number of amides is 1. The molecule has 0 saturated carbocycles. The fraction of sp³-hybridized carbons (Fsp3) is 0.550. The second kappa shape index (κ2) is 11.3. The van der Waals surface area contributed by atoms with Crippen molar-refractivity contribution in [1.82, 2.24) is 10.3 Å². The van der Waals surface area contributed by atoms with Crippen LogP contribution in [-0.4, -0.2) is 62.6 Å². The van der Waals surface area contributed by atoms with Crippen molar-refractivity contribution in [3.05, 3.63) is 33.7 Å². The van der Waals surface area contributed by atoms with Crippen LogP contribution in [0.4, 0.5) is 13.2 Å². The quantitative estimate of drug-likeness (QED) is 0.362. The summed E-state index contributed by atoms with van der Waals surface area (Å²) in [6.07, 6.45) is -1.93. The number of allylic oxidation sites excluding steroid dienone is 1. The highest BCUT2D eigenvalue weighted by atomic mass is 79.9. The van der Waals surface area contributed by atoms with Crippen LogP contribution in [-0.2, 0) is 14.6 Å². The van der Waals surface area contributed by atoms with Crippen molar-refractivity contribution < 1.29 is 35.9 Å². The smallest absolute Gasteiger partial charge is 0.422 e. The Balaban J connectivity index is 3.46. The third-order valence-electron chi connectivity index (χ3n) is 4.41. The van der Waals surface area contributed by atoms with Gasteiger partial charge >= 0.3 is 6.18 Å². The number of sulfone groups is 1. The number of aliphatic imine (C=N–C) groups is 1. The predicted molar refractivity (Wildman–Crippen MR) is 122 cm³/mol. The van der Waals surface area contributed by atoms with Gasteiger partial charge in [0.15, 0.2) is 12.5 Å². The average molecular weight is 558 g/mol. The van der Waals surface area contributed by atoms with Gasteiger partial charge in [-0.2, -0.15) is 13.2 Å². The van der Waals surface area contributed by atoms with E-state index in [0.717, 1.165) is 18.5 Å². The second-order valence-corrected chi connectivity index (χ2v) is 10.6. The van der Waals surface area contributed by atoms with E-state index in [4.69, 9.17) is 9.47 Å². The molecule has 0 fully saturated rings. The maximum absolute atomic E-state index is 13.0. The molecule has 0 aromatic carbocycles. The molecule has 0 saturated heterocycles. The zero-order chi connectivity index (χ0) is 25.6. The summed E-state index contributed by atoms with van der Waals surface area (Å²) in [5.74, 6) is -1.31. The Kier molecular flexibility index (Phi) is 9.91. The van der Waals surface area contributed by atoms with Gasteiger partial charge < -0.3 is 14.8 Å². The summed E-state index contributed by atoms with van der Waals surface area (Å²) in [7, 11) is -2.21. The number of hydrogen-bond donors (Lipinski definition) is 1. The number of carbonyl (C=O) groups is 1. The molecule has 0 radical (unpaired) electrons. The standard InChI is InChI=1S/C20H27BrF3N3O5S/c1-7-12(2)17(26-13(3)31-5)19(4,11-33(6,29)30)27-18(28)15-8-16(14(21)9-25-15)32-10-20(22,23)24/h8-9H,7,10-11H2,1-6H3,(H,27,28)/b17-12+,26-13?. The summed E-state index contributed by atoms with van der Waals surface area (Å²) < 4.78 is 71.9. The summed E-state index contributed by atoms with van der Waals surface area (Å²) in [5.41, 5.74) is -0.771. The van der Waals surface area contributed by atoms with Crippen molar-refractivity contribution >= 4 is 37.6 Å². The van der Waals surface area contributed by atoms with E-state index in [1.165, 1.54) is 14.0 Å². The van der Waals surface area contributed by atoms with Crippen LogP contribution in [0.3, 0.4) is 0 Å². The fourth-order valence-corrected chi connectivity index (χ4v) is 4.47. The van der Waals surface area contributed by atoms with Crippen molar-refractivity contribution in [3.63, 3.8) is 0 Å². The number of pyridine rings is 1. The van der Waals surface area contributed by atoms with Crippen LogP contribution in [0, 0.1) is 0 Å². The van der Waals surface area contributed by atoms with Gasteiger partial charge in [0, 0.05) is 25.4 Å². The lowest BCUT2D eigenvalue weighted by Gasteiger charge is -2.32. The predicted octanol–water partition coefficient (Wildman–Crippen LogP) is 4.07. The van der Waals surface area contributed by atoms with Gasteiger partial charge in [-0.15, -0.1) is 0 Å².